The van der Waals surface area contributed by atoms with Crippen molar-refractivity contribution in [2.75, 3.05) is 46.4 Å². The molecular formula is C27H35N5O3. The maximum absolute atomic E-state index is 12.8. The lowest BCUT2D eigenvalue weighted by atomic mass is 10.0. The summed E-state index contributed by atoms with van der Waals surface area (Å²) in [6.07, 6.45) is 6.97. The van der Waals surface area contributed by atoms with Gasteiger partial charge in [0.05, 0.1) is 19.3 Å². The third-order valence-electron chi connectivity index (χ3n) is 7.00. The summed E-state index contributed by atoms with van der Waals surface area (Å²) in [6, 6.07) is 6.16. The van der Waals surface area contributed by atoms with Gasteiger partial charge in [-0.05, 0) is 48.4 Å². The molecule has 2 fully saturated rings. The lowest BCUT2D eigenvalue weighted by molar-refractivity contribution is -0.137. The molecule has 186 valence electrons. The number of amides is 2. The van der Waals surface area contributed by atoms with Gasteiger partial charge in [0, 0.05) is 38.8 Å². The maximum Gasteiger partial charge on any atom is 0.245 e. The first-order valence-electron chi connectivity index (χ1n) is 12.2. The molecule has 1 aromatic heterocycles. The molecule has 1 aliphatic heterocycles. The predicted octanol–water partition coefficient (Wildman–Crippen LogP) is 2.92. The van der Waals surface area contributed by atoms with Crippen molar-refractivity contribution in [3.8, 4) is 17.0 Å². The van der Waals surface area contributed by atoms with Crippen molar-refractivity contribution in [2.24, 2.45) is 5.41 Å². The molecule has 0 atom stereocenters. The van der Waals surface area contributed by atoms with Crippen molar-refractivity contribution in [1.29, 1.82) is 0 Å². The molecule has 8 nitrogen and oxygen atoms in total. The van der Waals surface area contributed by atoms with E-state index in [1.54, 1.807) is 18.1 Å². The Bertz CT molecular complexity index is 1100. The van der Waals surface area contributed by atoms with Crippen LogP contribution >= 0.6 is 0 Å². The predicted molar refractivity (Wildman–Crippen MR) is 135 cm³/mol. The number of carbonyl (C=O) groups is 2. The van der Waals surface area contributed by atoms with Crippen LogP contribution in [0.1, 0.15) is 30.9 Å². The van der Waals surface area contributed by atoms with E-state index in [9.17, 15) is 9.59 Å². The van der Waals surface area contributed by atoms with E-state index in [0.717, 1.165) is 36.3 Å². The molecule has 2 aromatic rings. The van der Waals surface area contributed by atoms with Gasteiger partial charge in [-0.2, -0.15) is 0 Å². The highest BCUT2D eigenvalue weighted by molar-refractivity contribution is 5.86. The van der Waals surface area contributed by atoms with Crippen LogP contribution in [0, 0.1) is 12.3 Å². The van der Waals surface area contributed by atoms with Crippen molar-refractivity contribution < 1.29 is 14.3 Å². The number of likely N-dealkylation sites (N-methyl/N-ethyl adjacent to an activating group) is 1. The minimum atomic E-state index is -0.151. The first-order valence-corrected chi connectivity index (χ1v) is 12.2. The Labute approximate surface area is 207 Å². The van der Waals surface area contributed by atoms with Gasteiger partial charge < -0.3 is 14.5 Å². The zero-order chi connectivity index (χ0) is 25.0. The standard InChI is InChI=1S/C27H35N5O3/c1-5-24(33)30(4)12-13-35-23-15-28-19-29-26(23)21-6-7-22(20(2)14-21)16-32-11-10-31(17-25(32)34)18-27(3)8-9-27/h5-7,14-15,19H,1,8-13,16-18H2,2-4H3. The van der Waals surface area contributed by atoms with Crippen LogP contribution < -0.4 is 4.74 Å². The number of hydrogen-bond donors (Lipinski definition) is 0. The number of nitrogens with zero attached hydrogens (tertiary/aromatic N) is 5. The van der Waals surface area contributed by atoms with Crippen molar-refractivity contribution >= 4 is 11.8 Å². The van der Waals surface area contributed by atoms with Crippen molar-refractivity contribution in [2.45, 2.75) is 33.2 Å². The van der Waals surface area contributed by atoms with Gasteiger partial charge in [0.1, 0.15) is 18.6 Å². The summed E-state index contributed by atoms with van der Waals surface area (Å²) in [7, 11) is 1.70. The molecule has 1 saturated heterocycles. The molecule has 35 heavy (non-hydrogen) atoms. The lowest BCUT2D eigenvalue weighted by Gasteiger charge is -2.36. The molecule has 1 saturated carbocycles. The monoisotopic (exact) mass is 477 g/mol. The average molecular weight is 478 g/mol. The second kappa shape index (κ2) is 10.6. The minimum Gasteiger partial charge on any atom is -0.488 e. The molecule has 8 heteroatoms. The van der Waals surface area contributed by atoms with Crippen LogP contribution in [-0.4, -0.2) is 82.9 Å². The van der Waals surface area contributed by atoms with E-state index in [1.807, 2.05) is 11.0 Å². The molecule has 2 aliphatic rings. The third kappa shape index (κ3) is 6.25. The minimum absolute atomic E-state index is 0.151. The Morgan fingerprint density at radius 1 is 1.31 bits per heavy atom. The maximum atomic E-state index is 12.8. The van der Waals surface area contributed by atoms with Gasteiger partial charge in [0.2, 0.25) is 11.8 Å². The number of hydrogen-bond acceptors (Lipinski definition) is 6. The summed E-state index contributed by atoms with van der Waals surface area (Å²) in [5.41, 5.74) is 4.28. The van der Waals surface area contributed by atoms with Crippen LogP contribution in [0.3, 0.4) is 0 Å². The van der Waals surface area contributed by atoms with Crippen LogP contribution in [0.5, 0.6) is 5.75 Å². The topological polar surface area (TPSA) is 78.9 Å². The fourth-order valence-electron chi connectivity index (χ4n) is 4.39. The van der Waals surface area contributed by atoms with Crippen LogP contribution in [0.2, 0.25) is 0 Å². The molecule has 0 unspecified atom stereocenters. The molecule has 0 spiro atoms. The van der Waals surface area contributed by atoms with Crippen molar-refractivity contribution in [1.82, 2.24) is 24.7 Å². The average Bonchev–Trinajstić information content (AvgIpc) is 3.57. The Hall–Kier alpha value is -3.26. The molecule has 0 bridgehead atoms. The fraction of sp³-hybridized carbons (Fsp3) is 0.481. The SMILES string of the molecule is C=CC(=O)N(C)CCOc1cncnc1-c1ccc(CN2CCN(CC3(C)CC3)CC2=O)c(C)c1. The molecule has 0 radical (unpaired) electrons. The Balaban J connectivity index is 1.38. The summed E-state index contributed by atoms with van der Waals surface area (Å²) in [5.74, 6) is 0.617. The van der Waals surface area contributed by atoms with E-state index in [4.69, 9.17) is 4.74 Å². The largest absolute Gasteiger partial charge is 0.488 e. The van der Waals surface area contributed by atoms with E-state index < -0.39 is 0 Å². The summed E-state index contributed by atoms with van der Waals surface area (Å²) in [6.45, 7) is 12.5. The van der Waals surface area contributed by atoms with E-state index in [-0.39, 0.29) is 11.8 Å². The van der Waals surface area contributed by atoms with E-state index in [0.29, 0.717) is 43.1 Å². The summed E-state index contributed by atoms with van der Waals surface area (Å²) in [4.78, 5) is 38.8. The lowest BCUT2D eigenvalue weighted by Crippen LogP contribution is -2.51. The molecule has 2 amide bonds. The second-order valence-electron chi connectivity index (χ2n) is 10.0. The van der Waals surface area contributed by atoms with E-state index in [1.165, 1.54) is 25.2 Å². The highest BCUT2D eigenvalue weighted by Gasteiger charge is 2.40. The Morgan fingerprint density at radius 2 is 2.11 bits per heavy atom. The highest BCUT2D eigenvalue weighted by atomic mass is 16.5. The number of ether oxygens (including phenoxy) is 1. The van der Waals surface area contributed by atoms with Gasteiger partial charge >= 0.3 is 0 Å². The van der Waals surface area contributed by atoms with Gasteiger partial charge in [-0.1, -0.05) is 25.6 Å². The molecule has 1 aromatic carbocycles. The van der Waals surface area contributed by atoms with Gasteiger partial charge in [0.25, 0.3) is 0 Å². The normalized spacial score (nSPS) is 17.2. The number of benzene rings is 1. The Kier molecular flexibility index (Phi) is 7.50. The number of carbonyl (C=O) groups excluding carboxylic acids is 2. The summed E-state index contributed by atoms with van der Waals surface area (Å²) in [5, 5.41) is 0. The molecular weight excluding hydrogens is 442 g/mol. The van der Waals surface area contributed by atoms with Gasteiger partial charge in [-0.25, -0.2) is 9.97 Å². The van der Waals surface area contributed by atoms with Gasteiger partial charge in [-0.15, -0.1) is 0 Å². The quantitative estimate of drug-likeness (QED) is 0.490. The van der Waals surface area contributed by atoms with E-state index >= 15 is 0 Å². The first kappa shape index (κ1) is 24.9. The van der Waals surface area contributed by atoms with E-state index in [2.05, 4.69) is 47.4 Å². The molecule has 1 aliphatic carbocycles. The molecule has 2 heterocycles. The van der Waals surface area contributed by atoms with Crippen molar-refractivity contribution in [3.05, 3.63) is 54.5 Å². The van der Waals surface area contributed by atoms with Crippen LogP contribution in [0.15, 0.2) is 43.4 Å². The zero-order valence-corrected chi connectivity index (χ0v) is 21.0. The zero-order valence-electron chi connectivity index (χ0n) is 21.0. The van der Waals surface area contributed by atoms with Crippen LogP contribution in [0.4, 0.5) is 0 Å². The third-order valence-corrected chi connectivity index (χ3v) is 7.00. The highest BCUT2D eigenvalue weighted by Crippen LogP contribution is 2.45. The van der Waals surface area contributed by atoms with Gasteiger partial charge in [0.15, 0.2) is 5.75 Å². The molecule has 4 rings (SSSR count). The Morgan fingerprint density at radius 3 is 2.80 bits per heavy atom. The summed E-state index contributed by atoms with van der Waals surface area (Å²) >= 11 is 0. The second-order valence-corrected chi connectivity index (χ2v) is 10.0. The summed E-state index contributed by atoms with van der Waals surface area (Å²) < 4.78 is 5.90. The van der Waals surface area contributed by atoms with Crippen molar-refractivity contribution in [3.63, 3.8) is 0 Å². The van der Waals surface area contributed by atoms with Crippen LogP contribution in [0.25, 0.3) is 11.3 Å². The number of aryl methyl sites for hydroxylation is 1. The van der Waals surface area contributed by atoms with Gasteiger partial charge in [-0.3, -0.25) is 14.5 Å². The first-order chi connectivity index (χ1) is 16.8. The number of piperazine rings is 1. The molecule has 0 N–H and O–H groups in total. The fourth-order valence-corrected chi connectivity index (χ4v) is 4.39. The number of rotatable bonds is 10. The number of aromatic nitrogens is 2. The smallest absolute Gasteiger partial charge is 0.245 e. The van der Waals surface area contributed by atoms with Crippen LogP contribution in [-0.2, 0) is 16.1 Å².